The summed E-state index contributed by atoms with van der Waals surface area (Å²) in [5.74, 6) is 1.46. The van der Waals surface area contributed by atoms with Crippen LogP contribution in [0.1, 0.15) is 38.3 Å². The molecule has 4 heteroatoms. The highest BCUT2D eigenvalue weighted by molar-refractivity contribution is 6.31. The number of hydrogen-bond donors (Lipinski definition) is 1. The van der Waals surface area contributed by atoms with Gasteiger partial charge in [-0.2, -0.15) is 0 Å². The van der Waals surface area contributed by atoms with Crippen molar-refractivity contribution in [3.8, 4) is 5.75 Å². The molecule has 1 aromatic carbocycles. The molecule has 1 saturated heterocycles. The van der Waals surface area contributed by atoms with Crippen molar-refractivity contribution in [3.05, 3.63) is 28.8 Å². The van der Waals surface area contributed by atoms with E-state index in [4.69, 9.17) is 16.3 Å². The van der Waals surface area contributed by atoms with Crippen LogP contribution in [0.15, 0.2) is 18.2 Å². The predicted octanol–water partition coefficient (Wildman–Crippen LogP) is 3.73. The van der Waals surface area contributed by atoms with Crippen LogP contribution in [-0.4, -0.2) is 38.2 Å². The quantitative estimate of drug-likeness (QED) is 0.897. The summed E-state index contributed by atoms with van der Waals surface area (Å²) in [5, 5.41) is 4.16. The average Bonchev–Trinajstić information content (AvgIpc) is 2.47. The lowest BCUT2D eigenvalue weighted by atomic mass is 9.83. The lowest BCUT2D eigenvalue weighted by Gasteiger charge is -2.44. The van der Waals surface area contributed by atoms with E-state index in [1.165, 1.54) is 12.8 Å². The fourth-order valence-corrected chi connectivity index (χ4v) is 3.82. The third kappa shape index (κ3) is 3.53. The maximum atomic E-state index is 6.55. The zero-order valence-corrected chi connectivity index (χ0v) is 14.3. The molecule has 0 amide bonds. The van der Waals surface area contributed by atoms with E-state index in [2.05, 4.69) is 24.1 Å². The Morgan fingerprint density at radius 3 is 2.81 bits per heavy atom. The van der Waals surface area contributed by atoms with Crippen LogP contribution < -0.4 is 10.1 Å². The molecule has 1 aromatic rings. The van der Waals surface area contributed by atoms with E-state index in [-0.39, 0.29) is 0 Å². The summed E-state index contributed by atoms with van der Waals surface area (Å²) >= 11 is 6.55. The molecule has 21 heavy (non-hydrogen) atoms. The van der Waals surface area contributed by atoms with E-state index in [0.717, 1.165) is 29.4 Å². The zero-order valence-electron chi connectivity index (χ0n) is 13.5. The first-order valence-electron chi connectivity index (χ1n) is 7.82. The minimum atomic E-state index is 0.315. The van der Waals surface area contributed by atoms with Crippen molar-refractivity contribution in [2.24, 2.45) is 5.92 Å². The smallest absolute Gasteiger partial charge is 0.125 e. The van der Waals surface area contributed by atoms with Crippen molar-refractivity contribution >= 4 is 11.6 Å². The molecule has 2 unspecified atom stereocenters. The Labute approximate surface area is 133 Å². The number of nitrogens with one attached hydrogen (secondary N) is 1. The number of rotatable bonds is 5. The van der Waals surface area contributed by atoms with Gasteiger partial charge < -0.3 is 10.1 Å². The van der Waals surface area contributed by atoms with Gasteiger partial charge in [0.15, 0.2) is 0 Å². The van der Waals surface area contributed by atoms with Crippen molar-refractivity contribution in [2.75, 3.05) is 27.2 Å². The van der Waals surface area contributed by atoms with E-state index in [1.54, 1.807) is 7.11 Å². The highest BCUT2D eigenvalue weighted by Gasteiger charge is 2.36. The summed E-state index contributed by atoms with van der Waals surface area (Å²) in [4.78, 5) is 2.56. The van der Waals surface area contributed by atoms with Gasteiger partial charge >= 0.3 is 0 Å². The molecule has 0 aliphatic carbocycles. The molecule has 118 valence electrons. The van der Waals surface area contributed by atoms with Crippen LogP contribution in [0.2, 0.25) is 5.02 Å². The molecule has 0 spiro atoms. The summed E-state index contributed by atoms with van der Waals surface area (Å²) in [6, 6.07) is 6.76. The number of piperidine rings is 1. The molecular formula is C17H27ClN2O. The molecule has 0 aromatic heterocycles. The molecule has 2 rings (SSSR count). The van der Waals surface area contributed by atoms with Crippen LogP contribution in [0.4, 0.5) is 0 Å². The number of hydrogen-bond acceptors (Lipinski definition) is 3. The lowest BCUT2D eigenvalue weighted by Crippen LogP contribution is -2.45. The number of nitrogens with zero attached hydrogens (tertiary/aromatic N) is 1. The molecule has 1 N–H and O–H groups in total. The summed E-state index contributed by atoms with van der Waals surface area (Å²) in [6.45, 7) is 6.65. The SMILES string of the molecule is CNCC1CCCN(C(C)C)C1c1c(Cl)cccc1OC. The number of halogens is 1. The Balaban J connectivity index is 2.47. The van der Waals surface area contributed by atoms with Gasteiger partial charge in [0.25, 0.3) is 0 Å². The normalized spacial score (nSPS) is 23.5. The van der Waals surface area contributed by atoms with E-state index >= 15 is 0 Å². The standard InChI is InChI=1S/C17H27ClN2O/c1-12(2)20-10-6-7-13(11-19-3)17(20)16-14(18)8-5-9-15(16)21-4/h5,8-9,12-13,17,19H,6-7,10-11H2,1-4H3. The minimum absolute atomic E-state index is 0.315. The number of benzene rings is 1. The third-order valence-electron chi connectivity index (χ3n) is 4.45. The van der Waals surface area contributed by atoms with Gasteiger partial charge in [-0.3, -0.25) is 4.90 Å². The van der Waals surface area contributed by atoms with Crippen LogP contribution in [0.25, 0.3) is 0 Å². The van der Waals surface area contributed by atoms with Crippen LogP contribution in [-0.2, 0) is 0 Å². The van der Waals surface area contributed by atoms with Crippen LogP contribution >= 0.6 is 11.6 Å². The largest absolute Gasteiger partial charge is 0.496 e. The van der Waals surface area contributed by atoms with Crippen molar-refractivity contribution < 1.29 is 4.74 Å². The Bertz CT molecular complexity index is 462. The Kier molecular flexibility index (Phi) is 5.91. The highest BCUT2D eigenvalue weighted by atomic mass is 35.5. The summed E-state index contributed by atoms with van der Waals surface area (Å²) in [7, 11) is 3.75. The van der Waals surface area contributed by atoms with Gasteiger partial charge in [0, 0.05) is 22.7 Å². The maximum absolute atomic E-state index is 6.55. The molecule has 3 nitrogen and oxygen atoms in total. The Morgan fingerprint density at radius 2 is 2.19 bits per heavy atom. The summed E-state index contributed by atoms with van der Waals surface area (Å²) in [5.41, 5.74) is 1.15. The van der Waals surface area contributed by atoms with Crippen LogP contribution in [0, 0.1) is 5.92 Å². The van der Waals surface area contributed by atoms with Crippen molar-refractivity contribution in [3.63, 3.8) is 0 Å². The maximum Gasteiger partial charge on any atom is 0.125 e. The first-order valence-corrected chi connectivity index (χ1v) is 8.20. The Morgan fingerprint density at radius 1 is 1.43 bits per heavy atom. The molecule has 1 aliphatic heterocycles. The van der Waals surface area contributed by atoms with Gasteiger partial charge in [0.05, 0.1) is 7.11 Å². The number of likely N-dealkylation sites (tertiary alicyclic amines) is 1. The second kappa shape index (κ2) is 7.48. The summed E-state index contributed by atoms with van der Waals surface area (Å²) < 4.78 is 5.60. The van der Waals surface area contributed by atoms with E-state index < -0.39 is 0 Å². The second-order valence-electron chi connectivity index (χ2n) is 6.09. The molecule has 0 saturated carbocycles. The first-order chi connectivity index (χ1) is 10.1. The topological polar surface area (TPSA) is 24.5 Å². The highest BCUT2D eigenvalue weighted by Crippen LogP contribution is 2.43. The van der Waals surface area contributed by atoms with Crippen molar-refractivity contribution in [1.29, 1.82) is 0 Å². The van der Waals surface area contributed by atoms with Crippen molar-refractivity contribution in [2.45, 2.75) is 38.8 Å². The third-order valence-corrected chi connectivity index (χ3v) is 4.78. The second-order valence-corrected chi connectivity index (χ2v) is 6.50. The van der Waals surface area contributed by atoms with E-state index in [1.807, 2.05) is 25.2 Å². The fraction of sp³-hybridized carbons (Fsp3) is 0.647. The molecule has 1 fully saturated rings. The monoisotopic (exact) mass is 310 g/mol. The average molecular weight is 311 g/mol. The lowest BCUT2D eigenvalue weighted by molar-refractivity contribution is 0.0620. The van der Waals surface area contributed by atoms with Gasteiger partial charge in [-0.15, -0.1) is 0 Å². The predicted molar refractivity (Wildman–Crippen MR) is 89.2 cm³/mol. The number of ether oxygens (including phenoxy) is 1. The van der Waals surface area contributed by atoms with Crippen molar-refractivity contribution in [1.82, 2.24) is 10.2 Å². The number of methoxy groups -OCH3 is 1. The van der Waals surface area contributed by atoms with Gasteiger partial charge in [-0.25, -0.2) is 0 Å². The first kappa shape index (κ1) is 16.6. The zero-order chi connectivity index (χ0) is 15.4. The molecule has 2 atom stereocenters. The Hall–Kier alpha value is -0.770. The van der Waals surface area contributed by atoms with E-state index in [0.29, 0.717) is 18.0 Å². The molecular weight excluding hydrogens is 284 g/mol. The van der Waals surface area contributed by atoms with Crippen LogP contribution in [0.5, 0.6) is 5.75 Å². The van der Waals surface area contributed by atoms with Crippen LogP contribution in [0.3, 0.4) is 0 Å². The minimum Gasteiger partial charge on any atom is -0.496 e. The van der Waals surface area contributed by atoms with Gasteiger partial charge in [-0.1, -0.05) is 17.7 Å². The molecule has 0 bridgehead atoms. The molecule has 1 aliphatic rings. The fourth-order valence-electron chi connectivity index (χ4n) is 3.54. The van der Waals surface area contributed by atoms with Gasteiger partial charge in [0.2, 0.25) is 0 Å². The molecule has 1 heterocycles. The van der Waals surface area contributed by atoms with E-state index in [9.17, 15) is 0 Å². The molecule has 0 radical (unpaired) electrons. The summed E-state index contributed by atoms with van der Waals surface area (Å²) in [6.07, 6.45) is 2.47. The van der Waals surface area contributed by atoms with Gasteiger partial charge in [-0.05, 0) is 64.9 Å². The van der Waals surface area contributed by atoms with Gasteiger partial charge in [0.1, 0.15) is 5.75 Å².